The molecule has 0 saturated carbocycles. The monoisotopic (exact) mass is 264 g/mol. The minimum absolute atomic E-state index is 0.190. The molecule has 1 aromatic carbocycles. The third-order valence-electron chi connectivity index (χ3n) is 3.11. The summed E-state index contributed by atoms with van der Waals surface area (Å²) < 4.78 is 0. The van der Waals surface area contributed by atoms with E-state index >= 15 is 0 Å². The molecule has 3 heteroatoms. The summed E-state index contributed by atoms with van der Waals surface area (Å²) in [5, 5.41) is 12.6. The van der Waals surface area contributed by atoms with Gasteiger partial charge in [0, 0.05) is 24.8 Å². The van der Waals surface area contributed by atoms with Crippen molar-refractivity contribution in [3.8, 4) is 0 Å². The molecule has 0 saturated heterocycles. The summed E-state index contributed by atoms with van der Waals surface area (Å²) in [6.07, 6.45) is 0. The van der Waals surface area contributed by atoms with Crippen LogP contribution in [0.4, 0.5) is 5.69 Å². The highest BCUT2D eigenvalue weighted by molar-refractivity contribution is 5.48. The van der Waals surface area contributed by atoms with Gasteiger partial charge in [-0.3, -0.25) is 0 Å². The average molecular weight is 264 g/mol. The molecule has 0 heterocycles. The normalized spacial score (nSPS) is 11.3. The van der Waals surface area contributed by atoms with Gasteiger partial charge in [-0.25, -0.2) is 0 Å². The van der Waals surface area contributed by atoms with Crippen molar-refractivity contribution in [1.29, 1.82) is 0 Å². The summed E-state index contributed by atoms with van der Waals surface area (Å²) in [4.78, 5) is 2.21. The van der Waals surface area contributed by atoms with Crippen molar-refractivity contribution in [1.82, 2.24) is 5.32 Å². The second-order valence-corrected chi connectivity index (χ2v) is 5.70. The van der Waals surface area contributed by atoms with Crippen molar-refractivity contribution >= 4 is 5.69 Å². The van der Waals surface area contributed by atoms with Gasteiger partial charge in [0.15, 0.2) is 0 Å². The highest BCUT2D eigenvalue weighted by Crippen LogP contribution is 2.17. The molecule has 0 aromatic heterocycles. The van der Waals surface area contributed by atoms with E-state index in [2.05, 4.69) is 62.2 Å². The quantitative estimate of drug-likeness (QED) is 0.757. The molecular formula is C16H28N2O. The molecule has 108 valence electrons. The van der Waals surface area contributed by atoms with E-state index in [4.69, 9.17) is 5.11 Å². The van der Waals surface area contributed by atoms with Crippen molar-refractivity contribution in [2.24, 2.45) is 5.92 Å². The molecule has 19 heavy (non-hydrogen) atoms. The molecule has 0 unspecified atom stereocenters. The van der Waals surface area contributed by atoms with Gasteiger partial charge < -0.3 is 15.3 Å². The Balaban J connectivity index is 2.59. The molecular weight excluding hydrogens is 236 g/mol. The summed E-state index contributed by atoms with van der Waals surface area (Å²) >= 11 is 0. The summed E-state index contributed by atoms with van der Waals surface area (Å²) in [5.74, 6) is 0.681. The fraction of sp³-hybridized carbons (Fsp3) is 0.625. The van der Waals surface area contributed by atoms with Crippen LogP contribution in [0.25, 0.3) is 0 Å². The average Bonchev–Trinajstić information content (AvgIpc) is 2.36. The number of aliphatic hydroxyl groups excluding tert-OH is 1. The van der Waals surface area contributed by atoms with E-state index in [-0.39, 0.29) is 6.61 Å². The van der Waals surface area contributed by atoms with Gasteiger partial charge >= 0.3 is 0 Å². The van der Waals surface area contributed by atoms with Crippen LogP contribution in [0.5, 0.6) is 0 Å². The number of benzene rings is 1. The molecule has 0 aliphatic carbocycles. The molecule has 0 bridgehead atoms. The number of nitrogens with zero attached hydrogens (tertiary/aromatic N) is 1. The van der Waals surface area contributed by atoms with Crippen molar-refractivity contribution in [3.63, 3.8) is 0 Å². The Bertz CT molecular complexity index is 346. The molecule has 0 atom stereocenters. The lowest BCUT2D eigenvalue weighted by Crippen LogP contribution is -2.33. The van der Waals surface area contributed by atoms with Crippen LogP contribution in [0.15, 0.2) is 24.3 Å². The largest absolute Gasteiger partial charge is 0.395 e. The molecule has 0 aliphatic heterocycles. The van der Waals surface area contributed by atoms with Gasteiger partial charge in [-0.1, -0.05) is 26.0 Å². The Morgan fingerprint density at radius 1 is 1.11 bits per heavy atom. The van der Waals surface area contributed by atoms with E-state index in [0.29, 0.717) is 18.5 Å². The number of rotatable bonds is 8. The molecule has 0 radical (unpaired) electrons. The van der Waals surface area contributed by atoms with Crippen molar-refractivity contribution in [2.45, 2.75) is 40.3 Å². The smallest absolute Gasteiger partial charge is 0.0606 e. The maximum absolute atomic E-state index is 9.12. The lowest BCUT2D eigenvalue weighted by Gasteiger charge is -2.28. The number of nitrogens with one attached hydrogen (secondary N) is 1. The van der Waals surface area contributed by atoms with Gasteiger partial charge in [-0.15, -0.1) is 0 Å². The Morgan fingerprint density at radius 3 is 2.21 bits per heavy atom. The highest BCUT2D eigenvalue weighted by atomic mass is 16.3. The van der Waals surface area contributed by atoms with Crippen LogP contribution >= 0.6 is 0 Å². The van der Waals surface area contributed by atoms with E-state index in [1.165, 1.54) is 11.3 Å². The second-order valence-electron chi connectivity index (χ2n) is 5.70. The van der Waals surface area contributed by atoms with Crippen molar-refractivity contribution in [2.75, 3.05) is 24.6 Å². The lowest BCUT2D eigenvalue weighted by molar-refractivity contribution is 0.299. The first-order chi connectivity index (χ1) is 9.04. The van der Waals surface area contributed by atoms with E-state index in [0.717, 1.165) is 13.1 Å². The van der Waals surface area contributed by atoms with Crippen molar-refractivity contribution in [3.05, 3.63) is 29.8 Å². The molecule has 2 N–H and O–H groups in total. The highest BCUT2D eigenvalue weighted by Gasteiger charge is 2.09. The SMILES string of the molecule is CC(C)CNCc1ccc(N(CCO)C(C)C)cc1. The zero-order chi connectivity index (χ0) is 14.3. The summed E-state index contributed by atoms with van der Waals surface area (Å²) in [6, 6.07) is 9.01. The van der Waals surface area contributed by atoms with Gasteiger partial charge in [0.25, 0.3) is 0 Å². The second kappa shape index (κ2) is 8.18. The Kier molecular flexibility index (Phi) is 6.89. The van der Waals surface area contributed by atoms with Crippen LogP contribution in [0.2, 0.25) is 0 Å². The topological polar surface area (TPSA) is 35.5 Å². The third kappa shape index (κ3) is 5.62. The summed E-state index contributed by atoms with van der Waals surface area (Å²) in [7, 11) is 0. The van der Waals surface area contributed by atoms with Crippen LogP contribution in [-0.4, -0.2) is 30.8 Å². The number of aliphatic hydroxyl groups is 1. The first-order valence-corrected chi connectivity index (χ1v) is 7.21. The van der Waals surface area contributed by atoms with Gasteiger partial charge in [-0.2, -0.15) is 0 Å². The lowest BCUT2D eigenvalue weighted by atomic mass is 10.1. The van der Waals surface area contributed by atoms with Crippen LogP contribution in [0.3, 0.4) is 0 Å². The minimum Gasteiger partial charge on any atom is -0.395 e. The maximum Gasteiger partial charge on any atom is 0.0606 e. The molecule has 0 spiro atoms. The Labute approximate surface area is 117 Å². The molecule has 1 rings (SSSR count). The van der Waals surface area contributed by atoms with E-state index in [9.17, 15) is 0 Å². The van der Waals surface area contributed by atoms with Crippen LogP contribution in [0, 0.1) is 5.92 Å². The van der Waals surface area contributed by atoms with E-state index < -0.39 is 0 Å². The predicted molar refractivity (Wildman–Crippen MR) is 82.6 cm³/mol. The first kappa shape index (κ1) is 16.0. The number of anilines is 1. The number of hydrogen-bond donors (Lipinski definition) is 2. The van der Waals surface area contributed by atoms with Crippen LogP contribution < -0.4 is 10.2 Å². The molecule has 0 fully saturated rings. The standard InChI is InChI=1S/C16H28N2O/c1-13(2)11-17-12-15-5-7-16(8-6-15)18(9-10-19)14(3)4/h5-8,13-14,17,19H,9-12H2,1-4H3. The molecule has 0 amide bonds. The first-order valence-electron chi connectivity index (χ1n) is 7.21. The Morgan fingerprint density at radius 2 is 1.74 bits per heavy atom. The summed E-state index contributed by atoms with van der Waals surface area (Å²) in [6.45, 7) is 11.6. The molecule has 1 aromatic rings. The van der Waals surface area contributed by atoms with Crippen molar-refractivity contribution < 1.29 is 5.11 Å². The van der Waals surface area contributed by atoms with Gasteiger partial charge in [0.05, 0.1) is 6.61 Å². The fourth-order valence-corrected chi connectivity index (χ4v) is 2.10. The predicted octanol–water partition coefficient (Wildman–Crippen LogP) is 2.64. The zero-order valence-electron chi connectivity index (χ0n) is 12.7. The Hall–Kier alpha value is -1.06. The number of hydrogen-bond acceptors (Lipinski definition) is 3. The zero-order valence-corrected chi connectivity index (χ0v) is 12.7. The maximum atomic E-state index is 9.12. The van der Waals surface area contributed by atoms with E-state index in [1.807, 2.05) is 0 Å². The van der Waals surface area contributed by atoms with E-state index in [1.54, 1.807) is 0 Å². The van der Waals surface area contributed by atoms with Gasteiger partial charge in [-0.05, 0) is 44.0 Å². The third-order valence-corrected chi connectivity index (χ3v) is 3.11. The molecule has 3 nitrogen and oxygen atoms in total. The minimum atomic E-state index is 0.190. The van der Waals surface area contributed by atoms with Crippen LogP contribution in [-0.2, 0) is 6.54 Å². The van der Waals surface area contributed by atoms with Gasteiger partial charge in [0.1, 0.15) is 0 Å². The van der Waals surface area contributed by atoms with Gasteiger partial charge in [0.2, 0.25) is 0 Å². The fourth-order valence-electron chi connectivity index (χ4n) is 2.10. The summed E-state index contributed by atoms with van der Waals surface area (Å²) in [5.41, 5.74) is 2.48. The molecule has 0 aliphatic rings. The van der Waals surface area contributed by atoms with Crippen LogP contribution in [0.1, 0.15) is 33.3 Å².